The highest BCUT2D eigenvalue weighted by Gasteiger charge is 2.16. The summed E-state index contributed by atoms with van der Waals surface area (Å²) in [6, 6.07) is 0. The number of rotatable bonds is 16. The van der Waals surface area contributed by atoms with Crippen LogP contribution in [-0.2, 0) is 19.1 Å². The van der Waals surface area contributed by atoms with Crippen LogP contribution >= 0.6 is 0 Å². The van der Waals surface area contributed by atoms with Crippen LogP contribution in [0.4, 0.5) is 0 Å². The van der Waals surface area contributed by atoms with Crippen LogP contribution in [-0.4, -0.2) is 25.2 Å². The van der Waals surface area contributed by atoms with Gasteiger partial charge in [0.25, 0.3) is 0 Å². The lowest BCUT2D eigenvalue weighted by atomic mass is 10.0. The Hall–Kier alpha value is -1.06. The Morgan fingerprint density at radius 3 is 1.60 bits per heavy atom. The average molecular weight is 357 g/mol. The molecule has 0 heterocycles. The van der Waals surface area contributed by atoms with E-state index < -0.39 is 0 Å². The highest BCUT2D eigenvalue weighted by molar-refractivity contribution is 5.71. The normalized spacial score (nSPS) is 12.2. The summed E-state index contributed by atoms with van der Waals surface area (Å²) in [5.74, 6) is 0.190. The van der Waals surface area contributed by atoms with Gasteiger partial charge in [0, 0.05) is 6.92 Å². The Balaban J connectivity index is 3.50. The molecule has 0 N–H and O–H groups in total. The fraction of sp³-hybridized carbons (Fsp3) is 0.905. The molecule has 0 unspecified atom stereocenters. The molecule has 0 aliphatic carbocycles. The van der Waals surface area contributed by atoms with E-state index in [2.05, 4.69) is 18.6 Å². The molecule has 0 aliphatic heterocycles. The second kappa shape index (κ2) is 16.4. The lowest BCUT2D eigenvalue weighted by molar-refractivity contribution is -0.152. The third kappa shape index (κ3) is 17.6. The van der Waals surface area contributed by atoms with Crippen LogP contribution in [0.15, 0.2) is 0 Å². The summed E-state index contributed by atoms with van der Waals surface area (Å²) in [4.78, 5) is 22.4. The first-order valence-corrected chi connectivity index (χ1v) is 10.2. The maximum atomic E-state index is 11.3. The number of hydrogen-bond acceptors (Lipinski definition) is 4. The summed E-state index contributed by atoms with van der Waals surface area (Å²) < 4.78 is 9.84. The van der Waals surface area contributed by atoms with Crippen molar-refractivity contribution in [2.24, 2.45) is 5.92 Å². The van der Waals surface area contributed by atoms with E-state index in [-0.39, 0.29) is 24.5 Å². The number of carbonyl (C=O) groups is 2. The largest absolute Gasteiger partial charge is 0.469 e. The molecular weight excluding hydrogens is 316 g/mol. The standard InChI is InChI=1S/C21H40O4/c1-18(2)15-13-11-9-7-5-6-8-10-12-14-16-20(25-19(3)22)17-21(23)24-4/h18,20H,5-17H2,1-4H3/t20-/m0/s1. The SMILES string of the molecule is COC(=O)C[C@H](CCCCCCCCCCCCC(C)C)OC(C)=O. The summed E-state index contributed by atoms with van der Waals surface area (Å²) in [5, 5.41) is 0. The highest BCUT2D eigenvalue weighted by Crippen LogP contribution is 2.15. The summed E-state index contributed by atoms with van der Waals surface area (Å²) in [6.07, 6.45) is 14.7. The first-order chi connectivity index (χ1) is 12.0. The summed E-state index contributed by atoms with van der Waals surface area (Å²) in [6.45, 7) is 5.97. The number of esters is 2. The van der Waals surface area contributed by atoms with Crippen molar-refractivity contribution in [1.82, 2.24) is 0 Å². The van der Waals surface area contributed by atoms with Gasteiger partial charge in [0.15, 0.2) is 0 Å². The minimum absolute atomic E-state index is 0.160. The lowest BCUT2D eigenvalue weighted by Gasteiger charge is -2.15. The van der Waals surface area contributed by atoms with Gasteiger partial charge in [0.1, 0.15) is 6.10 Å². The average Bonchev–Trinajstić information content (AvgIpc) is 2.54. The van der Waals surface area contributed by atoms with Gasteiger partial charge in [0.2, 0.25) is 0 Å². The zero-order chi connectivity index (χ0) is 18.9. The molecule has 0 saturated heterocycles. The zero-order valence-corrected chi connectivity index (χ0v) is 17.0. The van der Waals surface area contributed by atoms with Gasteiger partial charge in [-0.05, 0) is 18.8 Å². The monoisotopic (exact) mass is 356 g/mol. The fourth-order valence-corrected chi connectivity index (χ4v) is 3.05. The van der Waals surface area contributed by atoms with E-state index in [9.17, 15) is 9.59 Å². The first-order valence-electron chi connectivity index (χ1n) is 10.2. The lowest BCUT2D eigenvalue weighted by Crippen LogP contribution is -2.21. The van der Waals surface area contributed by atoms with Gasteiger partial charge in [-0.25, -0.2) is 0 Å². The van der Waals surface area contributed by atoms with Crippen LogP contribution in [0.1, 0.15) is 104 Å². The van der Waals surface area contributed by atoms with Gasteiger partial charge < -0.3 is 9.47 Å². The van der Waals surface area contributed by atoms with Crippen molar-refractivity contribution >= 4 is 11.9 Å². The molecule has 0 aromatic rings. The van der Waals surface area contributed by atoms with E-state index in [0.717, 1.165) is 25.2 Å². The number of unbranched alkanes of at least 4 members (excludes halogenated alkanes) is 9. The molecule has 0 saturated carbocycles. The van der Waals surface area contributed by atoms with Crippen molar-refractivity contribution in [3.8, 4) is 0 Å². The first kappa shape index (κ1) is 23.9. The molecule has 4 nitrogen and oxygen atoms in total. The van der Waals surface area contributed by atoms with Crippen molar-refractivity contribution in [3.63, 3.8) is 0 Å². The summed E-state index contributed by atoms with van der Waals surface area (Å²) >= 11 is 0. The quantitative estimate of drug-likeness (QED) is 0.258. The predicted octanol–water partition coefficient (Wildman–Crippen LogP) is 5.82. The Labute approximate surface area is 155 Å². The Bertz CT molecular complexity index is 339. The minimum atomic E-state index is -0.337. The fourth-order valence-electron chi connectivity index (χ4n) is 3.05. The minimum Gasteiger partial charge on any atom is -0.469 e. The van der Waals surface area contributed by atoms with Crippen LogP contribution < -0.4 is 0 Å². The molecule has 0 aliphatic rings. The molecule has 0 aromatic carbocycles. The van der Waals surface area contributed by atoms with Crippen molar-refractivity contribution in [3.05, 3.63) is 0 Å². The van der Waals surface area contributed by atoms with Crippen molar-refractivity contribution in [1.29, 1.82) is 0 Å². The molecule has 0 radical (unpaired) electrons. The van der Waals surface area contributed by atoms with E-state index >= 15 is 0 Å². The van der Waals surface area contributed by atoms with E-state index in [1.54, 1.807) is 0 Å². The highest BCUT2D eigenvalue weighted by atomic mass is 16.6. The van der Waals surface area contributed by atoms with Gasteiger partial charge in [-0.3, -0.25) is 9.59 Å². The molecule has 0 aromatic heterocycles. The zero-order valence-electron chi connectivity index (χ0n) is 17.0. The molecule has 25 heavy (non-hydrogen) atoms. The molecule has 0 bridgehead atoms. The van der Waals surface area contributed by atoms with E-state index in [0.29, 0.717) is 0 Å². The number of hydrogen-bond donors (Lipinski definition) is 0. The molecule has 0 rings (SSSR count). The number of methoxy groups -OCH3 is 1. The van der Waals surface area contributed by atoms with Crippen LogP contribution in [0, 0.1) is 5.92 Å². The molecule has 0 fully saturated rings. The maximum absolute atomic E-state index is 11.3. The van der Waals surface area contributed by atoms with Crippen LogP contribution in [0.25, 0.3) is 0 Å². The third-order valence-electron chi connectivity index (χ3n) is 4.51. The van der Waals surface area contributed by atoms with Gasteiger partial charge in [-0.2, -0.15) is 0 Å². The Morgan fingerprint density at radius 2 is 1.20 bits per heavy atom. The van der Waals surface area contributed by atoms with Crippen molar-refractivity contribution in [2.45, 2.75) is 110 Å². The van der Waals surface area contributed by atoms with Crippen LogP contribution in [0.5, 0.6) is 0 Å². The topological polar surface area (TPSA) is 52.6 Å². The Morgan fingerprint density at radius 1 is 0.760 bits per heavy atom. The number of ether oxygens (including phenoxy) is 2. The molecule has 4 heteroatoms. The van der Waals surface area contributed by atoms with Crippen molar-refractivity contribution in [2.75, 3.05) is 7.11 Å². The molecule has 1 atom stereocenters. The molecule has 0 amide bonds. The summed E-state index contributed by atoms with van der Waals surface area (Å²) in [5.41, 5.74) is 0. The van der Waals surface area contributed by atoms with Gasteiger partial charge in [-0.15, -0.1) is 0 Å². The van der Waals surface area contributed by atoms with Gasteiger partial charge in [0.05, 0.1) is 13.5 Å². The predicted molar refractivity (Wildman–Crippen MR) is 102 cm³/mol. The third-order valence-corrected chi connectivity index (χ3v) is 4.51. The smallest absolute Gasteiger partial charge is 0.309 e. The van der Waals surface area contributed by atoms with Gasteiger partial charge in [-0.1, -0.05) is 78.1 Å². The van der Waals surface area contributed by atoms with E-state index in [4.69, 9.17) is 4.74 Å². The van der Waals surface area contributed by atoms with E-state index in [1.165, 1.54) is 71.8 Å². The van der Waals surface area contributed by atoms with Crippen LogP contribution in [0.2, 0.25) is 0 Å². The van der Waals surface area contributed by atoms with Crippen LogP contribution in [0.3, 0.4) is 0 Å². The van der Waals surface area contributed by atoms with Gasteiger partial charge >= 0.3 is 11.9 Å². The second-order valence-electron chi connectivity index (χ2n) is 7.52. The van der Waals surface area contributed by atoms with Crippen molar-refractivity contribution < 1.29 is 19.1 Å². The molecular formula is C21H40O4. The molecule has 0 spiro atoms. The Kier molecular flexibility index (Phi) is 15.7. The maximum Gasteiger partial charge on any atom is 0.309 e. The second-order valence-corrected chi connectivity index (χ2v) is 7.52. The number of carbonyl (C=O) groups excluding carboxylic acids is 2. The van der Waals surface area contributed by atoms with E-state index in [1.807, 2.05) is 0 Å². The summed E-state index contributed by atoms with van der Waals surface area (Å²) in [7, 11) is 1.36. The molecule has 148 valence electrons.